The first-order valence-corrected chi connectivity index (χ1v) is 8.66. The van der Waals surface area contributed by atoms with E-state index in [9.17, 15) is 8.42 Å². The third-order valence-corrected chi connectivity index (χ3v) is 5.18. The van der Waals surface area contributed by atoms with E-state index in [-0.39, 0.29) is 11.5 Å². The Bertz CT molecular complexity index is 701. The van der Waals surface area contributed by atoms with Crippen molar-refractivity contribution < 1.29 is 8.42 Å². The summed E-state index contributed by atoms with van der Waals surface area (Å²) in [6.07, 6.45) is 1.73. The van der Waals surface area contributed by atoms with Gasteiger partial charge in [0.1, 0.15) is 0 Å². The molecule has 2 rings (SSSR count). The van der Waals surface area contributed by atoms with Crippen LogP contribution in [0.1, 0.15) is 12.5 Å². The van der Waals surface area contributed by atoms with Crippen LogP contribution in [-0.2, 0) is 16.4 Å². The predicted octanol–water partition coefficient (Wildman–Crippen LogP) is 2.41. The Labute approximate surface area is 124 Å². The van der Waals surface area contributed by atoms with Gasteiger partial charge in [0, 0.05) is 35.4 Å². The monoisotopic (exact) mass is 312 g/mol. The number of halogens is 1. The highest BCUT2D eigenvalue weighted by Crippen LogP contribution is 2.24. The molecule has 0 radical (unpaired) electrons. The van der Waals surface area contributed by atoms with E-state index < -0.39 is 9.84 Å². The second-order valence-electron chi connectivity index (χ2n) is 4.52. The van der Waals surface area contributed by atoms with Gasteiger partial charge in [-0.05, 0) is 23.8 Å². The predicted molar refractivity (Wildman–Crippen MR) is 82.8 cm³/mol. The Balaban J connectivity index is 2.06. The van der Waals surface area contributed by atoms with Gasteiger partial charge in [-0.2, -0.15) is 0 Å². The molecule has 0 bridgehead atoms. The highest BCUT2D eigenvalue weighted by atomic mass is 35.5. The molecule has 0 spiro atoms. The zero-order chi connectivity index (χ0) is 14.6. The van der Waals surface area contributed by atoms with E-state index in [1.807, 2.05) is 24.3 Å². The Morgan fingerprint density at radius 1 is 1.30 bits per heavy atom. The molecule has 1 heterocycles. The number of nitrogens with one attached hydrogen (secondary N) is 1. The number of aromatic nitrogens is 1. The van der Waals surface area contributed by atoms with Crippen molar-refractivity contribution in [1.82, 2.24) is 10.3 Å². The maximum absolute atomic E-state index is 11.4. The first-order chi connectivity index (χ1) is 9.53. The molecular weight excluding hydrogens is 296 g/mol. The van der Waals surface area contributed by atoms with E-state index in [1.54, 1.807) is 13.1 Å². The second kappa shape index (κ2) is 6.52. The molecule has 0 unspecified atom stereocenters. The Hall–Kier alpha value is -1.17. The minimum Gasteiger partial charge on any atom is -0.312 e. The number of hydrogen-bond acceptors (Lipinski definition) is 4. The fraction of sp³-hybridized carbons (Fsp3) is 0.357. The maximum atomic E-state index is 11.4. The maximum Gasteiger partial charge on any atom is 0.151 e. The molecule has 6 heteroatoms. The minimum atomic E-state index is -2.92. The molecule has 0 saturated carbocycles. The summed E-state index contributed by atoms with van der Waals surface area (Å²) in [5.41, 5.74) is 1.87. The van der Waals surface area contributed by atoms with Crippen LogP contribution in [0, 0.1) is 0 Å². The summed E-state index contributed by atoms with van der Waals surface area (Å²) in [7, 11) is -2.92. The lowest BCUT2D eigenvalue weighted by molar-refractivity contribution is 0.592. The lowest BCUT2D eigenvalue weighted by atomic mass is 10.1. The smallest absolute Gasteiger partial charge is 0.151 e. The summed E-state index contributed by atoms with van der Waals surface area (Å²) in [5, 5.41) is 4.72. The summed E-state index contributed by atoms with van der Waals surface area (Å²) in [6.45, 7) is 2.67. The zero-order valence-electron chi connectivity index (χ0n) is 11.3. The molecular formula is C14H17ClN2O2S. The van der Waals surface area contributed by atoms with Gasteiger partial charge in [-0.1, -0.05) is 24.6 Å². The molecule has 0 aliphatic heterocycles. The van der Waals surface area contributed by atoms with Crippen LogP contribution < -0.4 is 5.32 Å². The molecule has 0 amide bonds. The Morgan fingerprint density at radius 2 is 2.10 bits per heavy atom. The highest BCUT2D eigenvalue weighted by Gasteiger charge is 2.08. The number of benzene rings is 1. The Kier molecular flexibility index (Phi) is 4.96. The van der Waals surface area contributed by atoms with Gasteiger partial charge in [0.05, 0.1) is 11.3 Å². The topological polar surface area (TPSA) is 59.1 Å². The van der Waals surface area contributed by atoms with E-state index in [0.717, 1.165) is 16.5 Å². The Morgan fingerprint density at radius 3 is 2.85 bits per heavy atom. The normalized spacial score (nSPS) is 11.9. The van der Waals surface area contributed by atoms with Gasteiger partial charge in [0.15, 0.2) is 9.84 Å². The number of rotatable bonds is 6. The van der Waals surface area contributed by atoms with Crippen LogP contribution in [-0.4, -0.2) is 31.5 Å². The van der Waals surface area contributed by atoms with Crippen LogP contribution in [0.3, 0.4) is 0 Å². The van der Waals surface area contributed by atoms with Crippen LogP contribution in [0.4, 0.5) is 0 Å². The van der Waals surface area contributed by atoms with Crippen molar-refractivity contribution in [3.63, 3.8) is 0 Å². The third-order valence-electron chi connectivity index (χ3n) is 3.15. The first kappa shape index (κ1) is 15.2. The molecule has 1 N–H and O–H groups in total. The van der Waals surface area contributed by atoms with Crippen molar-refractivity contribution in [2.24, 2.45) is 0 Å². The van der Waals surface area contributed by atoms with E-state index in [0.29, 0.717) is 18.1 Å². The van der Waals surface area contributed by atoms with Crippen molar-refractivity contribution >= 4 is 32.3 Å². The van der Waals surface area contributed by atoms with E-state index in [2.05, 4.69) is 10.3 Å². The molecule has 4 nitrogen and oxygen atoms in total. The van der Waals surface area contributed by atoms with Gasteiger partial charge in [-0.3, -0.25) is 4.98 Å². The second-order valence-corrected chi connectivity index (χ2v) is 7.40. The lowest BCUT2D eigenvalue weighted by Gasteiger charge is -2.08. The molecule has 1 aromatic carbocycles. The minimum absolute atomic E-state index is 0.155. The van der Waals surface area contributed by atoms with Crippen molar-refractivity contribution in [1.29, 1.82) is 0 Å². The summed E-state index contributed by atoms with van der Waals surface area (Å²) in [6, 6.07) is 7.53. The largest absolute Gasteiger partial charge is 0.312 e. The molecule has 0 aliphatic rings. The molecule has 0 atom stereocenters. The highest BCUT2D eigenvalue weighted by molar-refractivity contribution is 7.91. The number of sulfone groups is 1. The quantitative estimate of drug-likeness (QED) is 0.832. The molecule has 0 saturated heterocycles. The fourth-order valence-corrected chi connectivity index (χ4v) is 2.89. The summed E-state index contributed by atoms with van der Waals surface area (Å²) >= 11 is 6.13. The van der Waals surface area contributed by atoms with Crippen LogP contribution in [0.25, 0.3) is 10.9 Å². The fourth-order valence-electron chi connectivity index (χ4n) is 1.93. The van der Waals surface area contributed by atoms with E-state index in [1.165, 1.54) is 0 Å². The van der Waals surface area contributed by atoms with E-state index in [4.69, 9.17) is 11.6 Å². The van der Waals surface area contributed by atoms with Gasteiger partial charge in [0.25, 0.3) is 0 Å². The summed E-state index contributed by atoms with van der Waals surface area (Å²) < 4.78 is 22.8. The first-order valence-electron chi connectivity index (χ1n) is 6.47. The van der Waals surface area contributed by atoms with Crippen molar-refractivity contribution in [2.45, 2.75) is 13.5 Å². The van der Waals surface area contributed by atoms with Gasteiger partial charge in [0.2, 0.25) is 0 Å². The van der Waals surface area contributed by atoms with Crippen LogP contribution >= 0.6 is 11.6 Å². The lowest BCUT2D eigenvalue weighted by Crippen LogP contribution is -2.23. The van der Waals surface area contributed by atoms with Crippen LogP contribution in [0.15, 0.2) is 30.5 Å². The van der Waals surface area contributed by atoms with Crippen molar-refractivity contribution in [3.8, 4) is 0 Å². The van der Waals surface area contributed by atoms with Gasteiger partial charge < -0.3 is 5.32 Å². The van der Waals surface area contributed by atoms with E-state index >= 15 is 0 Å². The van der Waals surface area contributed by atoms with Gasteiger partial charge in [-0.15, -0.1) is 0 Å². The summed E-state index contributed by atoms with van der Waals surface area (Å²) in [4.78, 5) is 4.34. The molecule has 0 fully saturated rings. The van der Waals surface area contributed by atoms with Crippen molar-refractivity contribution in [3.05, 3.63) is 41.0 Å². The van der Waals surface area contributed by atoms with Gasteiger partial charge >= 0.3 is 0 Å². The molecule has 2 aromatic rings. The zero-order valence-corrected chi connectivity index (χ0v) is 12.8. The SMILES string of the molecule is CCS(=O)(=O)CCNCc1ccc(Cl)c2cccnc12. The molecule has 108 valence electrons. The molecule has 0 aliphatic carbocycles. The number of nitrogens with zero attached hydrogens (tertiary/aromatic N) is 1. The number of pyridine rings is 1. The average molecular weight is 313 g/mol. The van der Waals surface area contributed by atoms with Crippen molar-refractivity contribution in [2.75, 3.05) is 18.1 Å². The average Bonchev–Trinajstić information content (AvgIpc) is 2.46. The van der Waals surface area contributed by atoms with Crippen LogP contribution in [0.2, 0.25) is 5.02 Å². The van der Waals surface area contributed by atoms with Crippen LogP contribution in [0.5, 0.6) is 0 Å². The van der Waals surface area contributed by atoms with Gasteiger partial charge in [-0.25, -0.2) is 8.42 Å². The molecule has 1 aromatic heterocycles. The third kappa shape index (κ3) is 3.69. The summed E-state index contributed by atoms with van der Waals surface area (Å²) in [5.74, 6) is 0.336. The standard InChI is InChI=1S/C14H17ClN2O2S/c1-2-20(18,19)9-8-16-10-11-5-6-13(15)12-4-3-7-17-14(11)12/h3-7,16H,2,8-10H2,1H3. The number of fused-ring (bicyclic) bond motifs is 1. The number of hydrogen-bond donors (Lipinski definition) is 1. The molecule has 20 heavy (non-hydrogen) atoms.